The highest BCUT2D eigenvalue weighted by Gasteiger charge is 2.35. The number of aromatic nitrogens is 6. The van der Waals surface area contributed by atoms with Crippen molar-refractivity contribution in [2.75, 3.05) is 4.90 Å². The Morgan fingerprint density at radius 3 is 2.70 bits per heavy atom. The average Bonchev–Trinajstić information content (AvgIpc) is 3.42. The molecule has 7 nitrogen and oxygen atoms in total. The summed E-state index contributed by atoms with van der Waals surface area (Å²) in [4.78, 5) is 17.2. The second kappa shape index (κ2) is 7.24. The highest BCUT2D eigenvalue weighted by molar-refractivity contribution is 7.13. The van der Waals surface area contributed by atoms with E-state index in [1.165, 1.54) is 23.5 Å². The molecule has 3 aromatic heterocycles. The molecular formula is C21H20FN7S. The highest BCUT2D eigenvalue weighted by Crippen LogP contribution is 2.41. The maximum absolute atomic E-state index is 13.4. The lowest BCUT2D eigenvalue weighted by molar-refractivity contribution is 0.497. The van der Waals surface area contributed by atoms with Crippen LogP contribution in [0.2, 0.25) is 0 Å². The van der Waals surface area contributed by atoms with Crippen molar-refractivity contribution in [3.8, 4) is 27.6 Å². The van der Waals surface area contributed by atoms with Crippen LogP contribution in [0.15, 0.2) is 42.3 Å². The molecule has 0 N–H and O–H groups in total. The van der Waals surface area contributed by atoms with E-state index in [0.29, 0.717) is 5.82 Å². The largest absolute Gasteiger partial charge is 0.342 e. The van der Waals surface area contributed by atoms with Crippen LogP contribution in [0.25, 0.3) is 27.6 Å². The summed E-state index contributed by atoms with van der Waals surface area (Å²) in [7, 11) is 0. The Hall–Kier alpha value is -3.20. The van der Waals surface area contributed by atoms with Crippen LogP contribution in [0, 0.1) is 5.82 Å². The topological polar surface area (TPSA) is 72.6 Å². The maximum Gasteiger partial charge on any atom is 0.174 e. The first-order chi connectivity index (χ1) is 14.6. The number of fused-ring (bicyclic) bond motifs is 3. The van der Waals surface area contributed by atoms with Gasteiger partial charge in [0.25, 0.3) is 0 Å². The molecule has 0 spiro atoms. The summed E-state index contributed by atoms with van der Waals surface area (Å²) in [6.45, 7) is 6.44. The molecule has 5 rings (SSSR count). The zero-order valence-electron chi connectivity index (χ0n) is 16.8. The number of nitrogens with zero attached hydrogens (tertiary/aromatic N) is 7. The van der Waals surface area contributed by atoms with E-state index in [1.54, 1.807) is 24.0 Å². The first-order valence-electron chi connectivity index (χ1n) is 9.84. The van der Waals surface area contributed by atoms with Gasteiger partial charge in [-0.3, -0.25) is 4.57 Å². The van der Waals surface area contributed by atoms with Crippen molar-refractivity contribution in [2.24, 2.45) is 0 Å². The third-order valence-electron chi connectivity index (χ3n) is 5.29. The molecule has 1 aromatic carbocycles. The van der Waals surface area contributed by atoms with Crippen molar-refractivity contribution in [2.45, 2.75) is 39.3 Å². The normalized spacial score (nSPS) is 15.4. The summed E-state index contributed by atoms with van der Waals surface area (Å²) < 4.78 is 15.3. The van der Waals surface area contributed by atoms with Crippen molar-refractivity contribution in [1.29, 1.82) is 0 Å². The SMILES string of the molecule is CC[C@@H]1c2nncn2-c2cnc(-c3scnc3-c3ccc(F)cc3)nc2N1C(C)C. The first-order valence-corrected chi connectivity index (χ1v) is 10.7. The summed E-state index contributed by atoms with van der Waals surface area (Å²) >= 11 is 1.48. The van der Waals surface area contributed by atoms with Gasteiger partial charge < -0.3 is 4.90 Å². The van der Waals surface area contributed by atoms with Gasteiger partial charge in [-0.2, -0.15) is 0 Å². The van der Waals surface area contributed by atoms with Gasteiger partial charge in [-0.05, 0) is 44.5 Å². The molecule has 0 radical (unpaired) electrons. The quantitative estimate of drug-likeness (QED) is 0.477. The molecule has 0 amide bonds. The second-order valence-corrected chi connectivity index (χ2v) is 8.28. The van der Waals surface area contributed by atoms with Gasteiger partial charge in [-0.25, -0.2) is 19.3 Å². The van der Waals surface area contributed by atoms with Crippen LogP contribution in [-0.2, 0) is 0 Å². The van der Waals surface area contributed by atoms with E-state index in [-0.39, 0.29) is 17.9 Å². The van der Waals surface area contributed by atoms with Crippen LogP contribution in [-0.4, -0.2) is 35.8 Å². The van der Waals surface area contributed by atoms with Crippen molar-refractivity contribution in [3.63, 3.8) is 0 Å². The van der Waals surface area contributed by atoms with Crippen LogP contribution < -0.4 is 4.90 Å². The van der Waals surface area contributed by atoms with Gasteiger partial charge in [-0.15, -0.1) is 21.5 Å². The lowest BCUT2D eigenvalue weighted by atomic mass is 10.1. The Morgan fingerprint density at radius 2 is 1.97 bits per heavy atom. The van der Waals surface area contributed by atoms with Crippen LogP contribution in [0.1, 0.15) is 39.1 Å². The van der Waals surface area contributed by atoms with Gasteiger partial charge in [0.15, 0.2) is 17.5 Å². The van der Waals surface area contributed by atoms with E-state index in [0.717, 1.165) is 39.9 Å². The highest BCUT2D eigenvalue weighted by atomic mass is 32.1. The molecule has 152 valence electrons. The minimum absolute atomic E-state index is 0.0841. The van der Waals surface area contributed by atoms with Gasteiger partial charge in [-0.1, -0.05) is 6.92 Å². The molecule has 30 heavy (non-hydrogen) atoms. The fourth-order valence-corrected chi connectivity index (χ4v) is 4.72. The molecule has 1 aliphatic rings. The van der Waals surface area contributed by atoms with Gasteiger partial charge in [0.05, 0.1) is 28.3 Å². The lowest BCUT2D eigenvalue weighted by Gasteiger charge is -2.39. The number of thiazole rings is 1. The number of rotatable bonds is 4. The fourth-order valence-electron chi connectivity index (χ4n) is 3.97. The van der Waals surface area contributed by atoms with E-state index in [9.17, 15) is 4.39 Å². The molecule has 1 aliphatic heterocycles. The van der Waals surface area contributed by atoms with Crippen molar-refractivity contribution in [3.05, 3.63) is 53.9 Å². The summed E-state index contributed by atoms with van der Waals surface area (Å²) in [5, 5.41) is 8.47. The molecule has 0 saturated carbocycles. The Bertz CT molecular complexity index is 1200. The molecule has 9 heteroatoms. The van der Waals surface area contributed by atoms with E-state index in [1.807, 2.05) is 10.8 Å². The van der Waals surface area contributed by atoms with Crippen molar-refractivity contribution in [1.82, 2.24) is 29.7 Å². The van der Waals surface area contributed by atoms with Gasteiger partial charge in [0.2, 0.25) is 0 Å². The summed E-state index contributed by atoms with van der Waals surface area (Å²) in [5.41, 5.74) is 4.22. The van der Waals surface area contributed by atoms with E-state index >= 15 is 0 Å². The molecule has 0 saturated heterocycles. The maximum atomic E-state index is 13.4. The summed E-state index contributed by atoms with van der Waals surface area (Å²) in [6.07, 6.45) is 4.42. The fraction of sp³-hybridized carbons (Fsp3) is 0.286. The van der Waals surface area contributed by atoms with Gasteiger partial charge >= 0.3 is 0 Å². The summed E-state index contributed by atoms with van der Waals surface area (Å²) in [6, 6.07) is 6.63. The Morgan fingerprint density at radius 1 is 1.17 bits per heavy atom. The number of anilines is 1. The third kappa shape index (κ3) is 2.88. The molecule has 0 bridgehead atoms. The zero-order valence-corrected chi connectivity index (χ0v) is 17.6. The predicted octanol–water partition coefficient (Wildman–Crippen LogP) is 4.67. The Balaban J connectivity index is 1.66. The molecule has 4 heterocycles. The van der Waals surface area contributed by atoms with Crippen molar-refractivity contribution >= 4 is 17.2 Å². The lowest BCUT2D eigenvalue weighted by Crippen LogP contribution is -2.40. The number of halogens is 1. The van der Waals surface area contributed by atoms with Gasteiger partial charge in [0.1, 0.15) is 17.8 Å². The van der Waals surface area contributed by atoms with E-state index < -0.39 is 0 Å². The Kier molecular flexibility index (Phi) is 4.54. The number of hydrogen-bond donors (Lipinski definition) is 0. The monoisotopic (exact) mass is 421 g/mol. The van der Waals surface area contributed by atoms with E-state index in [4.69, 9.17) is 4.98 Å². The molecule has 1 atom stereocenters. The minimum atomic E-state index is -0.275. The molecular weight excluding hydrogens is 401 g/mol. The minimum Gasteiger partial charge on any atom is -0.342 e. The van der Waals surface area contributed by atoms with Crippen LogP contribution in [0.5, 0.6) is 0 Å². The zero-order chi connectivity index (χ0) is 20.8. The van der Waals surface area contributed by atoms with Crippen LogP contribution in [0.4, 0.5) is 10.2 Å². The second-order valence-electron chi connectivity index (χ2n) is 7.42. The molecule has 4 aromatic rings. The number of benzene rings is 1. The standard InChI is InChI=1S/C21H20FN7S/c1-4-15-21-27-25-10-28(21)16-9-23-19(26-20(16)29(15)12(2)3)18-17(24-11-30-18)13-5-7-14(22)8-6-13/h5-12,15H,4H2,1-3H3/t15-/m1/s1. The van der Waals surface area contributed by atoms with Gasteiger partial charge in [0, 0.05) is 11.6 Å². The van der Waals surface area contributed by atoms with Crippen LogP contribution >= 0.6 is 11.3 Å². The summed E-state index contributed by atoms with van der Waals surface area (Å²) in [5.74, 6) is 2.09. The number of hydrogen-bond acceptors (Lipinski definition) is 7. The Labute approximate surface area is 177 Å². The predicted molar refractivity (Wildman–Crippen MR) is 114 cm³/mol. The smallest absolute Gasteiger partial charge is 0.174 e. The third-order valence-corrected chi connectivity index (χ3v) is 6.12. The molecule has 0 unspecified atom stereocenters. The average molecular weight is 422 g/mol. The molecule has 0 aliphatic carbocycles. The van der Waals surface area contributed by atoms with Crippen molar-refractivity contribution < 1.29 is 4.39 Å². The van der Waals surface area contributed by atoms with E-state index in [2.05, 4.69) is 45.8 Å². The first kappa shape index (κ1) is 18.8. The van der Waals surface area contributed by atoms with Crippen LogP contribution in [0.3, 0.4) is 0 Å². The molecule has 0 fully saturated rings.